The highest BCUT2D eigenvalue weighted by Crippen LogP contribution is 2.26. The first-order valence-electron chi connectivity index (χ1n) is 8.38. The molecule has 3 rings (SSSR count). The fourth-order valence-electron chi connectivity index (χ4n) is 2.83. The van der Waals surface area contributed by atoms with Crippen LogP contribution in [-0.2, 0) is 4.79 Å². The molecule has 1 atom stereocenters. The van der Waals surface area contributed by atoms with E-state index < -0.39 is 0 Å². The summed E-state index contributed by atoms with van der Waals surface area (Å²) in [5.74, 6) is -0.454. The monoisotopic (exact) mass is 382 g/mol. The zero-order valence-electron chi connectivity index (χ0n) is 14.6. The van der Waals surface area contributed by atoms with Crippen LogP contribution in [0.5, 0.6) is 0 Å². The van der Waals surface area contributed by atoms with Gasteiger partial charge in [-0.2, -0.15) is 0 Å². The molecule has 3 nitrogen and oxygen atoms in total. The summed E-state index contributed by atoms with van der Waals surface area (Å²) in [6, 6.07) is 11.8. The highest BCUT2D eigenvalue weighted by atomic mass is 35.5. The van der Waals surface area contributed by atoms with E-state index in [-0.39, 0.29) is 11.8 Å². The fourth-order valence-corrected chi connectivity index (χ4v) is 3.34. The van der Waals surface area contributed by atoms with E-state index >= 15 is 0 Å². The molecule has 1 amide bonds. The van der Waals surface area contributed by atoms with Crippen LogP contribution in [0.3, 0.4) is 0 Å². The van der Waals surface area contributed by atoms with Gasteiger partial charge in [-0.25, -0.2) is 0 Å². The number of nitrogens with one attached hydrogen (secondary N) is 1. The molecule has 1 aromatic carbocycles. The van der Waals surface area contributed by atoms with E-state index in [1.54, 1.807) is 12.3 Å². The lowest BCUT2D eigenvalue weighted by Crippen LogP contribution is -2.25. The number of hydrogen-bond acceptors (Lipinski definition) is 3. The topological polar surface area (TPSA) is 42.0 Å². The van der Waals surface area contributed by atoms with Gasteiger partial charge in [-0.15, -0.1) is 0 Å². The number of thiocarbonyl (C=S) groups is 1. The average molecular weight is 383 g/mol. The number of pyridine rings is 1. The minimum atomic E-state index is -0.354. The highest BCUT2D eigenvalue weighted by Gasteiger charge is 2.22. The Morgan fingerprint density at radius 2 is 1.96 bits per heavy atom. The maximum absolute atomic E-state index is 12.6. The van der Waals surface area contributed by atoms with E-state index in [1.165, 1.54) is 0 Å². The summed E-state index contributed by atoms with van der Waals surface area (Å²) in [7, 11) is 0. The number of aromatic nitrogens is 1. The highest BCUT2D eigenvalue weighted by molar-refractivity contribution is 7.80. The minimum absolute atomic E-state index is 0.0996. The Kier molecular flexibility index (Phi) is 5.64. The van der Waals surface area contributed by atoms with Gasteiger partial charge in [0.2, 0.25) is 5.91 Å². The molecule has 0 radical (unpaired) electrons. The number of rotatable bonds is 4. The third-order valence-electron chi connectivity index (χ3n) is 4.34. The summed E-state index contributed by atoms with van der Waals surface area (Å²) < 4.78 is 0. The zero-order valence-corrected chi connectivity index (χ0v) is 16.2. The average Bonchev–Trinajstić information content (AvgIpc) is 2.63. The number of aryl methyl sites for hydroxylation is 1. The Hall–Kier alpha value is -2.30. The molecule has 0 saturated heterocycles. The maximum atomic E-state index is 12.6. The van der Waals surface area contributed by atoms with Crippen LogP contribution < -0.4 is 5.32 Å². The second-order valence-electron chi connectivity index (χ2n) is 6.29. The summed E-state index contributed by atoms with van der Waals surface area (Å²) in [5.41, 5.74) is 4.71. The van der Waals surface area contributed by atoms with Crippen molar-refractivity contribution in [3.63, 3.8) is 0 Å². The van der Waals surface area contributed by atoms with Crippen LogP contribution in [0, 0.1) is 12.8 Å². The Morgan fingerprint density at radius 1 is 1.23 bits per heavy atom. The Balaban J connectivity index is 1.72. The Morgan fingerprint density at radius 3 is 2.65 bits per heavy atom. The molecule has 2 aromatic rings. The van der Waals surface area contributed by atoms with Gasteiger partial charge >= 0.3 is 0 Å². The van der Waals surface area contributed by atoms with Crippen molar-refractivity contribution in [2.24, 2.45) is 5.92 Å². The predicted molar refractivity (Wildman–Crippen MR) is 111 cm³/mol. The lowest BCUT2D eigenvalue weighted by atomic mass is 9.92. The van der Waals surface area contributed by atoms with Gasteiger partial charge in [0.1, 0.15) is 0 Å². The smallest absolute Gasteiger partial charge is 0.231 e. The van der Waals surface area contributed by atoms with Gasteiger partial charge in [0.25, 0.3) is 0 Å². The first-order valence-corrected chi connectivity index (χ1v) is 9.17. The first kappa shape index (κ1) is 18.5. The molecule has 1 unspecified atom stereocenters. The number of carbonyl (C=O) groups excluding carboxylic acids is 1. The molecule has 1 aromatic heterocycles. The molecule has 26 heavy (non-hydrogen) atoms. The number of hydrogen-bond donors (Lipinski definition) is 1. The van der Waals surface area contributed by atoms with Crippen molar-refractivity contribution in [2.75, 3.05) is 5.32 Å². The predicted octanol–water partition coefficient (Wildman–Crippen LogP) is 5.45. The molecule has 0 fully saturated rings. The van der Waals surface area contributed by atoms with E-state index in [2.05, 4.69) is 10.3 Å². The lowest BCUT2D eigenvalue weighted by molar-refractivity contribution is -0.118. The fraction of sp³-hybridized carbons (Fsp3) is 0.190. The van der Waals surface area contributed by atoms with Crippen LogP contribution >= 0.6 is 23.8 Å². The third kappa shape index (κ3) is 4.26. The zero-order chi connectivity index (χ0) is 18.7. The molecule has 0 spiro atoms. The Bertz CT molecular complexity index is 916. The number of benzene rings is 1. The van der Waals surface area contributed by atoms with Crippen LogP contribution in [0.15, 0.2) is 65.4 Å². The number of amides is 1. The molecular weight excluding hydrogens is 364 g/mol. The quantitative estimate of drug-likeness (QED) is 0.714. The van der Waals surface area contributed by atoms with Crippen LogP contribution in [0.2, 0.25) is 0 Å². The van der Waals surface area contributed by atoms with Crippen molar-refractivity contribution in [3.05, 3.63) is 71.0 Å². The largest absolute Gasteiger partial charge is 0.326 e. The summed E-state index contributed by atoms with van der Waals surface area (Å²) in [6.07, 6.45) is 6.05. The molecular formula is C21H19ClN2OS. The molecule has 0 bridgehead atoms. The van der Waals surface area contributed by atoms with E-state index in [0.29, 0.717) is 11.5 Å². The van der Waals surface area contributed by atoms with Crippen LogP contribution in [-0.4, -0.2) is 15.8 Å². The summed E-state index contributed by atoms with van der Waals surface area (Å²) in [4.78, 5) is 17.6. The standard InChI is InChI=1S/C21H19ClN2OS/c1-13-11-16(9-10-23-13)15-3-6-18(7-4-15)24-21(25)14(2)19-12-17(22)5-8-20(19)26/h3-7,9-12,14H,8H2,1-2H3,(H,24,25). The van der Waals surface area contributed by atoms with E-state index in [9.17, 15) is 4.79 Å². The van der Waals surface area contributed by atoms with Crippen molar-refractivity contribution in [1.29, 1.82) is 0 Å². The summed E-state index contributed by atoms with van der Waals surface area (Å²) >= 11 is 11.4. The van der Waals surface area contributed by atoms with Crippen molar-refractivity contribution >= 4 is 40.3 Å². The second kappa shape index (κ2) is 7.94. The number of allylic oxidation sites excluding steroid dienone is 3. The third-order valence-corrected chi connectivity index (χ3v) is 5.01. The molecule has 1 N–H and O–H groups in total. The molecule has 5 heteroatoms. The molecule has 1 aliphatic rings. The van der Waals surface area contributed by atoms with Gasteiger partial charge in [0.15, 0.2) is 0 Å². The van der Waals surface area contributed by atoms with Gasteiger partial charge in [-0.1, -0.05) is 42.0 Å². The molecule has 0 aliphatic heterocycles. The van der Waals surface area contributed by atoms with E-state index in [0.717, 1.165) is 32.9 Å². The van der Waals surface area contributed by atoms with Gasteiger partial charge < -0.3 is 5.32 Å². The number of halogens is 1. The van der Waals surface area contributed by atoms with Crippen LogP contribution in [0.25, 0.3) is 11.1 Å². The summed E-state index contributed by atoms with van der Waals surface area (Å²) in [6.45, 7) is 3.81. The van der Waals surface area contributed by atoms with Crippen LogP contribution in [0.4, 0.5) is 5.69 Å². The van der Waals surface area contributed by atoms with Gasteiger partial charge in [-0.05, 0) is 60.9 Å². The Labute approximate surface area is 163 Å². The van der Waals surface area contributed by atoms with Gasteiger partial charge in [0.05, 0.1) is 5.92 Å². The van der Waals surface area contributed by atoms with E-state index in [1.807, 2.05) is 56.3 Å². The minimum Gasteiger partial charge on any atom is -0.326 e. The van der Waals surface area contributed by atoms with Gasteiger partial charge in [0, 0.05) is 33.9 Å². The normalized spacial score (nSPS) is 15.1. The van der Waals surface area contributed by atoms with Gasteiger partial charge in [-0.3, -0.25) is 9.78 Å². The van der Waals surface area contributed by atoms with Crippen LogP contribution in [0.1, 0.15) is 19.0 Å². The van der Waals surface area contributed by atoms with Crippen molar-refractivity contribution < 1.29 is 4.79 Å². The van der Waals surface area contributed by atoms with Crippen molar-refractivity contribution in [1.82, 2.24) is 4.98 Å². The number of nitrogens with zero attached hydrogens (tertiary/aromatic N) is 1. The molecule has 1 heterocycles. The van der Waals surface area contributed by atoms with Crippen molar-refractivity contribution in [2.45, 2.75) is 20.3 Å². The number of anilines is 1. The van der Waals surface area contributed by atoms with Crippen molar-refractivity contribution in [3.8, 4) is 11.1 Å². The molecule has 0 saturated carbocycles. The lowest BCUT2D eigenvalue weighted by Gasteiger charge is -2.19. The molecule has 132 valence electrons. The second-order valence-corrected chi connectivity index (χ2v) is 7.22. The first-order chi connectivity index (χ1) is 12.4. The molecule has 1 aliphatic carbocycles. The summed E-state index contributed by atoms with van der Waals surface area (Å²) in [5, 5.41) is 3.58. The number of carbonyl (C=O) groups is 1. The SMILES string of the molecule is Cc1cc(-c2ccc(NC(=O)C(C)C3=CC(Cl)=CCC3=S)cc2)ccn1. The van der Waals surface area contributed by atoms with E-state index in [4.69, 9.17) is 23.8 Å². The maximum Gasteiger partial charge on any atom is 0.231 e.